The molecular formula is C15H20F2N2O3S. The smallest absolute Gasteiger partial charge is 0.263 e. The van der Waals surface area contributed by atoms with Crippen LogP contribution in [-0.2, 0) is 14.8 Å². The molecule has 1 heterocycles. The second-order valence-corrected chi connectivity index (χ2v) is 7.94. The van der Waals surface area contributed by atoms with Crippen LogP contribution >= 0.6 is 0 Å². The SMILES string of the molecule is CC(F)(F)C(C)(C)NS(=O)(=O)c1ccc(N2CCCC2=O)cc1. The number of nitrogens with zero attached hydrogens (tertiary/aromatic N) is 1. The number of carbonyl (C=O) groups is 1. The minimum absolute atomic E-state index is 0.00880. The lowest BCUT2D eigenvalue weighted by Gasteiger charge is -2.31. The maximum absolute atomic E-state index is 13.5. The van der Waals surface area contributed by atoms with Crippen LogP contribution in [0.5, 0.6) is 0 Å². The van der Waals surface area contributed by atoms with Gasteiger partial charge in [0, 0.05) is 25.6 Å². The predicted octanol–water partition coefficient (Wildman–Crippen LogP) is 2.53. The fourth-order valence-corrected chi connectivity index (χ4v) is 3.67. The van der Waals surface area contributed by atoms with Gasteiger partial charge in [0.2, 0.25) is 15.9 Å². The molecule has 5 nitrogen and oxygen atoms in total. The van der Waals surface area contributed by atoms with E-state index in [9.17, 15) is 22.0 Å². The first-order chi connectivity index (χ1) is 10.4. The number of amides is 1. The Labute approximate surface area is 134 Å². The van der Waals surface area contributed by atoms with Crippen LogP contribution in [0.15, 0.2) is 29.2 Å². The molecule has 0 saturated carbocycles. The Bertz CT molecular complexity index is 694. The summed E-state index contributed by atoms with van der Waals surface area (Å²) in [6, 6.07) is 5.64. The van der Waals surface area contributed by atoms with Crippen LogP contribution in [0.1, 0.15) is 33.6 Å². The van der Waals surface area contributed by atoms with Crippen LogP contribution in [0, 0.1) is 0 Å². The van der Waals surface area contributed by atoms with Crippen molar-refractivity contribution in [3.8, 4) is 0 Å². The Morgan fingerprint density at radius 1 is 1.13 bits per heavy atom. The molecule has 1 aromatic carbocycles. The van der Waals surface area contributed by atoms with E-state index in [1.54, 1.807) is 4.90 Å². The topological polar surface area (TPSA) is 66.5 Å². The second kappa shape index (κ2) is 5.83. The Kier molecular flexibility index (Phi) is 4.51. The molecule has 23 heavy (non-hydrogen) atoms. The van der Waals surface area contributed by atoms with Crippen molar-refractivity contribution in [1.82, 2.24) is 4.72 Å². The zero-order chi connectivity index (χ0) is 17.5. The van der Waals surface area contributed by atoms with Crippen molar-refractivity contribution in [3.05, 3.63) is 24.3 Å². The summed E-state index contributed by atoms with van der Waals surface area (Å²) in [7, 11) is -4.09. The van der Waals surface area contributed by atoms with Crippen LogP contribution < -0.4 is 9.62 Å². The van der Waals surface area contributed by atoms with Crippen molar-refractivity contribution >= 4 is 21.6 Å². The lowest BCUT2D eigenvalue weighted by Crippen LogP contribution is -2.54. The molecule has 0 bridgehead atoms. The summed E-state index contributed by atoms with van der Waals surface area (Å²) < 4.78 is 53.5. The largest absolute Gasteiger partial charge is 0.312 e. The summed E-state index contributed by atoms with van der Waals surface area (Å²) in [5.74, 6) is -3.23. The van der Waals surface area contributed by atoms with Crippen molar-refractivity contribution in [2.45, 2.75) is 50.0 Å². The van der Waals surface area contributed by atoms with E-state index in [0.717, 1.165) is 20.3 Å². The van der Waals surface area contributed by atoms with Gasteiger partial charge in [-0.05, 0) is 44.5 Å². The second-order valence-electron chi connectivity index (χ2n) is 6.26. The molecule has 1 aliphatic heterocycles. The van der Waals surface area contributed by atoms with Gasteiger partial charge in [-0.2, -0.15) is 4.72 Å². The highest BCUT2D eigenvalue weighted by molar-refractivity contribution is 7.89. The van der Waals surface area contributed by atoms with Gasteiger partial charge in [-0.15, -0.1) is 0 Å². The highest BCUT2D eigenvalue weighted by atomic mass is 32.2. The number of sulfonamides is 1. The molecule has 0 aromatic heterocycles. The van der Waals surface area contributed by atoms with E-state index in [-0.39, 0.29) is 10.8 Å². The van der Waals surface area contributed by atoms with Crippen molar-refractivity contribution in [2.24, 2.45) is 0 Å². The van der Waals surface area contributed by atoms with Gasteiger partial charge in [-0.3, -0.25) is 4.79 Å². The highest BCUT2D eigenvalue weighted by Gasteiger charge is 2.44. The maximum Gasteiger partial charge on any atom is 0.263 e. The Hall–Kier alpha value is -1.54. The van der Waals surface area contributed by atoms with E-state index in [2.05, 4.69) is 0 Å². The van der Waals surface area contributed by atoms with Crippen LogP contribution in [-0.4, -0.2) is 32.3 Å². The lowest BCUT2D eigenvalue weighted by atomic mass is 10.00. The monoisotopic (exact) mass is 346 g/mol. The molecule has 1 N–H and O–H groups in total. The summed E-state index contributed by atoms with van der Waals surface area (Å²) >= 11 is 0. The van der Waals surface area contributed by atoms with Crippen molar-refractivity contribution < 1.29 is 22.0 Å². The fourth-order valence-electron chi connectivity index (χ4n) is 2.21. The molecule has 2 rings (SSSR count). The van der Waals surface area contributed by atoms with E-state index in [4.69, 9.17) is 0 Å². The molecule has 1 fully saturated rings. The molecule has 1 amide bonds. The third kappa shape index (κ3) is 3.69. The molecule has 128 valence electrons. The summed E-state index contributed by atoms with van der Waals surface area (Å²) in [6.07, 6.45) is 1.24. The summed E-state index contributed by atoms with van der Waals surface area (Å²) in [4.78, 5) is 13.1. The lowest BCUT2D eigenvalue weighted by molar-refractivity contribution is -0.117. The minimum Gasteiger partial charge on any atom is -0.312 e. The zero-order valence-corrected chi connectivity index (χ0v) is 14.1. The molecule has 1 aliphatic rings. The Morgan fingerprint density at radius 3 is 2.13 bits per heavy atom. The third-order valence-corrected chi connectivity index (χ3v) is 5.69. The van der Waals surface area contributed by atoms with Crippen LogP contribution in [0.25, 0.3) is 0 Å². The van der Waals surface area contributed by atoms with Gasteiger partial charge >= 0.3 is 0 Å². The van der Waals surface area contributed by atoms with Gasteiger partial charge in [0.05, 0.1) is 10.4 Å². The molecule has 1 saturated heterocycles. The van der Waals surface area contributed by atoms with Gasteiger partial charge in [0.1, 0.15) is 0 Å². The minimum atomic E-state index is -4.09. The van der Waals surface area contributed by atoms with Crippen molar-refractivity contribution in [1.29, 1.82) is 0 Å². The van der Waals surface area contributed by atoms with Crippen molar-refractivity contribution in [3.63, 3.8) is 0 Å². The number of carbonyl (C=O) groups excluding carboxylic acids is 1. The normalized spacial score (nSPS) is 16.9. The molecule has 0 spiro atoms. The van der Waals surface area contributed by atoms with Gasteiger partial charge in [-0.25, -0.2) is 17.2 Å². The van der Waals surface area contributed by atoms with E-state index in [1.807, 2.05) is 4.72 Å². The van der Waals surface area contributed by atoms with Gasteiger partial charge in [0.15, 0.2) is 0 Å². The maximum atomic E-state index is 13.5. The number of halogens is 2. The predicted molar refractivity (Wildman–Crippen MR) is 83.1 cm³/mol. The third-order valence-electron chi connectivity index (χ3n) is 4.02. The van der Waals surface area contributed by atoms with Gasteiger partial charge in [-0.1, -0.05) is 0 Å². The quantitative estimate of drug-likeness (QED) is 0.891. The van der Waals surface area contributed by atoms with E-state index in [0.29, 0.717) is 25.6 Å². The first kappa shape index (κ1) is 17.8. The fraction of sp³-hybridized carbons (Fsp3) is 0.533. The summed E-state index contributed by atoms with van der Waals surface area (Å²) in [6.45, 7) is 3.51. The summed E-state index contributed by atoms with van der Waals surface area (Å²) in [5, 5.41) is 0. The first-order valence-electron chi connectivity index (χ1n) is 7.26. The van der Waals surface area contributed by atoms with Crippen molar-refractivity contribution in [2.75, 3.05) is 11.4 Å². The summed E-state index contributed by atoms with van der Waals surface area (Å²) in [5.41, 5.74) is -1.32. The van der Waals surface area contributed by atoms with Gasteiger partial charge in [0.25, 0.3) is 5.92 Å². The van der Waals surface area contributed by atoms with Gasteiger partial charge < -0.3 is 4.90 Å². The Morgan fingerprint density at radius 2 is 1.70 bits per heavy atom. The van der Waals surface area contributed by atoms with Crippen LogP contribution in [0.2, 0.25) is 0 Å². The molecule has 0 radical (unpaired) electrons. The first-order valence-corrected chi connectivity index (χ1v) is 8.75. The molecule has 1 aromatic rings. The van der Waals surface area contributed by atoms with Crippen LogP contribution in [0.3, 0.4) is 0 Å². The molecule has 8 heteroatoms. The number of benzene rings is 1. The zero-order valence-electron chi connectivity index (χ0n) is 13.3. The number of anilines is 1. The number of nitrogens with one attached hydrogen (secondary N) is 1. The molecular weight excluding hydrogens is 326 g/mol. The number of rotatable bonds is 5. The standard InChI is InChI=1S/C15H20F2N2O3S/c1-14(2,15(3,16)17)18-23(21,22)12-8-6-11(7-9-12)19-10-4-5-13(19)20/h6-9,18H,4-5,10H2,1-3H3. The Balaban J connectivity index is 2.23. The average molecular weight is 346 g/mol. The highest BCUT2D eigenvalue weighted by Crippen LogP contribution is 2.29. The van der Waals surface area contributed by atoms with E-state index in [1.165, 1.54) is 24.3 Å². The number of hydrogen-bond acceptors (Lipinski definition) is 3. The molecule has 0 atom stereocenters. The molecule has 0 aliphatic carbocycles. The van der Waals surface area contributed by atoms with E-state index >= 15 is 0 Å². The number of hydrogen-bond donors (Lipinski definition) is 1. The van der Waals surface area contributed by atoms with Crippen LogP contribution in [0.4, 0.5) is 14.5 Å². The average Bonchev–Trinajstić information content (AvgIpc) is 2.82. The molecule has 0 unspecified atom stereocenters. The van der Waals surface area contributed by atoms with E-state index < -0.39 is 21.5 Å². The number of alkyl halides is 2.